The fraction of sp³-hybridized carbons (Fsp3) is 0.273. The van der Waals surface area contributed by atoms with Gasteiger partial charge in [0.1, 0.15) is 18.8 Å². The van der Waals surface area contributed by atoms with E-state index in [1.165, 1.54) is 0 Å². The Morgan fingerprint density at radius 1 is 1.17 bits per heavy atom. The lowest BCUT2D eigenvalue weighted by molar-refractivity contribution is 0.0475. The van der Waals surface area contributed by atoms with Crippen molar-refractivity contribution in [3.63, 3.8) is 0 Å². The molecule has 4 aromatic rings. The summed E-state index contributed by atoms with van der Waals surface area (Å²) in [5.74, 6) is -0.219. The molecule has 0 radical (unpaired) electrons. The minimum Gasteiger partial charge on any atom is -0.386 e. The number of amides is 1. The van der Waals surface area contributed by atoms with Gasteiger partial charge in [-0.25, -0.2) is 4.52 Å². The van der Waals surface area contributed by atoms with Crippen LogP contribution in [0, 0.1) is 6.92 Å². The van der Waals surface area contributed by atoms with Gasteiger partial charge in [0.2, 0.25) is 0 Å². The first-order valence-electron chi connectivity index (χ1n) is 9.89. The van der Waals surface area contributed by atoms with Crippen molar-refractivity contribution >= 4 is 11.4 Å². The molecule has 8 nitrogen and oxygen atoms in total. The van der Waals surface area contributed by atoms with Crippen molar-refractivity contribution in [2.24, 2.45) is 0 Å². The molecule has 3 aromatic heterocycles. The molecule has 0 saturated heterocycles. The number of benzene rings is 1. The minimum absolute atomic E-state index is 0.219. The Morgan fingerprint density at radius 2 is 1.90 bits per heavy atom. The molecular weight excluding hydrogens is 380 g/mol. The van der Waals surface area contributed by atoms with Gasteiger partial charge in [-0.3, -0.25) is 9.36 Å². The summed E-state index contributed by atoms with van der Waals surface area (Å²) in [7, 11) is 0. The molecule has 3 heterocycles. The molecule has 30 heavy (non-hydrogen) atoms. The van der Waals surface area contributed by atoms with Crippen molar-refractivity contribution in [2.45, 2.75) is 38.3 Å². The number of aliphatic hydroxyl groups is 1. The van der Waals surface area contributed by atoms with Crippen molar-refractivity contribution in [2.75, 3.05) is 0 Å². The molecule has 0 bridgehead atoms. The van der Waals surface area contributed by atoms with Gasteiger partial charge in [-0.15, -0.1) is 10.2 Å². The first kappa shape index (κ1) is 18.5. The maximum atomic E-state index is 13.0. The van der Waals surface area contributed by atoms with Crippen LogP contribution in [0.15, 0.2) is 55.1 Å². The molecule has 0 aliphatic heterocycles. The maximum Gasteiger partial charge on any atom is 0.251 e. The number of carbonyl (C=O) groups is 1. The lowest BCUT2D eigenvalue weighted by atomic mass is 9.78. The van der Waals surface area contributed by atoms with E-state index in [4.69, 9.17) is 0 Å². The fourth-order valence-electron chi connectivity index (χ4n) is 4.17. The van der Waals surface area contributed by atoms with E-state index in [2.05, 4.69) is 20.6 Å². The van der Waals surface area contributed by atoms with Crippen molar-refractivity contribution in [1.82, 2.24) is 29.7 Å². The lowest BCUT2D eigenvalue weighted by Crippen LogP contribution is -2.52. The number of hydrogen-bond donors (Lipinski definition) is 2. The number of nitrogens with one attached hydrogen (secondary N) is 1. The van der Waals surface area contributed by atoms with E-state index in [-0.39, 0.29) is 5.91 Å². The number of nitrogens with zero attached hydrogens (tertiary/aromatic N) is 5. The van der Waals surface area contributed by atoms with Crippen LogP contribution in [0.2, 0.25) is 0 Å². The summed E-state index contributed by atoms with van der Waals surface area (Å²) in [6.45, 7) is 3.88. The Kier molecular flexibility index (Phi) is 4.18. The molecule has 0 fully saturated rings. The fourth-order valence-corrected chi connectivity index (χ4v) is 4.17. The number of hydrogen-bond acceptors (Lipinski definition) is 5. The quantitative estimate of drug-likeness (QED) is 0.548. The zero-order chi connectivity index (χ0) is 20.9. The van der Waals surface area contributed by atoms with Crippen LogP contribution in [0.5, 0.6) is 0 Å². The second-order valence-corrected chi connectivity index (χ2v) is 8.01. The Hall–Kier alpha value is -3.52. The molecule has 2 unspecified atom stereocenters. The smallest absolute Gasteiger partial charge is 0.251 e. The second kappa shape index (κ2) is 6.77. The summed E-state index contributed by atoms with van der Waals surface area (Å²) >= 11 is 0. The summed E-state index contributed by atoms with van der Waals surface area (Å²) in [5.41, 5.74) is 4.19. The summed E-state index contributed by atoms with van der Waals surface area (Å²) in [5, 5.41) is 26.6. The van der Waals surface area contributed by atoms with Crippen LogP contribution in [0.3, 0.4) is 0 Å². The molecule has 1 aromatic carbocycles. The minimum atomic E-state index is -0.846. The zero-order valence-corrected chi connectivity index (χ0v) is 16.8. The number of aromatic nitrogens is 5. The predicted molar refractivity (Wildman–Crippen MR) is 110 cm³/mol. The van der Waals surface area contributed by atoms with Crippen LogP contribution in [0.25, 0.3) is 11.2 Å². The average molecular weight is 402 g/mol. The second-order valence-electron chi connectivity index (χ2n) is 8.01. The molecule has 1 aliphatic rings. The number of aliphatic hydroxyl groups excluding tert-OH is 1. The summed E-state index contributed by atoms with van der Waals surface area (Å²) in [4.78, 5) is 13.0. The van der Waals surface area contributed by atoms with E-state index in [1.54, 1.807) is 29.4 Å². The topological polar surface area (TPSA) is 97.3 Å². The summed E-state index contributed by atoms with van der Waals surface area (Å²) in [6.07, 6.45) is 3.65. The highest BCUT2D eigenvalue weighted by Crippen LogP contribution is 2.39. The largest absolute Gasteiger partial charge is 0.386 e. The van der Waals surface area contributed by atoms with Gasteiger partial charge in [0.25, 0.3) is 5.91 Å². The van der Waals surface area contributed by atoms with Gasteiger partial charge in [0.15, 0.2) is 0 Å². The Bertz CT molecular complexity index is 1230. The predicted octanol–water partition coefficient (Wildman–Crippen LogP) is 2.39. The maximum absolute atomic E-state index is 13.0. The van der Waals surface area contributed by atoms with Gasteiger partial charge < -0.3 is 10.4 Å². The van der Waals surface area contributed by atoms with Gasteiger partial charge in [-0.05, 0) is 63.1 Å². The van der Waals surface area contributed by atoms with E-state index in [1.807, 2.05) is 48.7 Å². The number of carbonyl (C=O) groups excluding carboxylic acids is 1. The van der Waals surface area contributed by atoms with E-state index in [0.29, 0.717) is 18.4 Å². The van der Waals surface area contributed by atoms with Gasteiger partial charge in [-0.2, -0.15) is 5.10 Å². The van der Waals surface area contributed by atoms with E-state index >= 15 is 0 Å². The Labute approximate surface area is 173 Å². The summed E-state index contributed by atoms with van der Waals surface area (Å²) < 4.78 is 3.63. The standard InChI is InChI=1S/C22H22N6O2/c1-14-4-3-5-18-19-17(26-28(14)18)10-11-22(2,20(19)29)25-21(30)15-6-8-16(9-7-15)27-12-23-24-13-27/h3-9,12-13,20,29H,10-11H2,1-2H3,(H,25,30). The van der Waals surface area contributed by atoms with Crippen LogP contribution < -0.4 is 5.32 Å². The average Bonchev–Trinajstić information content (AvgIpc) is 3.40. The Balaban J connectivity index is 1.41. The normalized spacial score (nSPS) is 20.8. The van der Waals surface area contributed by atoms with Crippen molar-refractivity contribution in [1.29, 1.82) is 0 Å². The van der Waals surface area contributed by atoms with Gasteiger partial charge in [-0.1, -0.05) is 6.07 Å². The summed E-state index contributed by atoms with van der Waals surface area (Å²) in [6, 6.07) is 13.1. The highest BCUT2D eigenvalue weighted by atomic mass is 16.3. The van der Waals surface area contributed by atoms with Crippen LogP contribution in [-0.4, -0.2) is 40.9 Å². The molecule has 8 heteroatoms. The SMILES string of the molecule is Cc1cccc2c3c(nn12)CCC(C)(NC(=O)c1ccc(-n2cnnc2)cc1)C3O. The van der Waals surface area contributed by atoms with Crippen molar-refractivity contribution in [3.8, 4) is 5.69 Å². The zero-order valence-electron chi connectivity index (χ0n) is 16.8. The number of aryl methyl sites for hydroxylation is 2. The molecular formula is C22H22N6O2. The third-order valence-electron chi connectivity index (χ3n) is 5.96. The van der Waals surface area contributed by atoms with Gasteiger partial charge in [0, 0.05) is 22.5 Å². The van der Waals surface area contributed by atoms with Crippen LogP contribution in [-0.2, 0) is 6.42 Å². The first-order chi connectivity index (χ1) is 14.5. The van der Waals surface area contributed by atoms with Gasteiger partial charge in [0.05, 0.1) is 16.7 Å². The molecule has 1 amide bonds. The lowest BCUT2D eigenvalue weighted by Gasteiger charge is -2.38. The van der Waals surface area contributed by atoms with Gasteiger partial charge >= 0.3 is 0 Å². The van der Waals surface area contributed by atoms with Crippen molar-refractivity contribution in [3.05, 3.63) is 77.6 Å². The number of rotatable bonds is 3. The van der Waals surface area contributed by atoms with Crippen LogP contribution >= 0.6 is 0 Å². The molecule has 5 rings (SSSR count). The first-order valence-corrected chi connectivity index (χ1v) is 9.89. The van der Waals surface area contributed by atoms with Crippen LogP contribution in [0.1, 0.15) is 46.8 Å². The third-order valence-corrected chi connectivity index (χ3v) is 5.96. The van der Waals surface area contributed by atoms with Crippen LogP contribution in [0.4, 0.5) is 0 Å². The highest BCUT2D eigenvalue weighted by molar-refractivity contribution is 5.95. The molecule has 152 valence electrons. The van der Waals surface area contributed by atoms with Crippen molar-refractivity contribution < 1.29 is 9.90 Å². The third kappa shape index (κ3) is 2.88. The number of fused-ring (bicyclic) bond motifs is 3. The van der Waals surface area contributed by atoms with E-state index in [9.17, 15) is 9.90 Å². The monoisotopic (exact) mass is 402 g/mol. The molecule has 2 N–H and O–H groups in total. The van der Waals surface area contributed by atoms with E-state index in [0.717, 1.165) is 28.2 Å². The molecule has 0 spiro atoms. The molecule has 0 saturated carbocycles. The highest BCUT2D eigenvalue weighted by Gasteiger charge is 2.42. The molecule has 2 atom stereocenters. The van der Waals surface area contributed by atoms with E-state index < -0.39 is 11.6 Å². The number of pyridine rings is 1. The molecule has 1 aliphatic carbocycles. The Morgan fingerprint density at radius 3 is 2.63 bits per heavy atom.